The third-order valence-electron chi connectivity index (χ3n) is 4.61. The van der Waals surface area contributed by atoms with Gasteiger partial charge in [0.1, 0.15) is 12.3 Å². The Labute approximate surface area is 187 Å². The van der Waals surface area contributed by atoms with E-state index in [1.807, 2.05) is 26.0 Å². The molecule has 2 heterocycles. The van der Waals surface area contributed by atoms with Gasteiger partial charge in [-0.1, -0.05) is 29.3 Å². The maximum Gasteiger partial charge on any atom is 0.265 e. The number of nitrogens with zero attached hydrogens (tertiary/aromatic N) is 2. The van der Waals surface area contributed by atoms with Crippen LogP contribution in [0.3, 0.4) is 0 Å². The van der Waals surface area contributed by atoms with E-state index in [9.17, 15) is 9.59 Å². The van der Waals surface area contributed by atoms with Gasteiger partial charge in [-0.15, -0.1) is 11.3 Å². The van der Waals surface area contributed by atoms with Gasteiger partial charge < -0.3 is 10.1 Å². The zero-order valence-electron chi connectivity index (χ0n) is 16.2. The van der Waals surface area contributed by atoms with Crippen LogP contribution in [0.15, 0.2) is 36.4 Å². The van der Waals surface area contributed by atoms with Crippen molar-refractivity contribution in [1.29, 1.82) is 0 Å². The zero-order valence-corrected chi connectivity index (χ0v) is 18.5. The second kappa shape index (κ2) is 8.26. The van der Waals surface area contributed by atoms with Crippen LogP contribution in [0.25, 0.3) is 11.3 Å². The number of halogens is 2. The monoisotopic (exact) mass is 461 g/mol. The van der Waals surface area contributed by atoms with Crippen molar-refractivity contribution in [3.8, 4) is 17.0 Å². The highest BCUT2D eigenvalue weighted by Gasteiger charge is 2.28. The second-order valence-electron chi connectivity index (χ2n) is 6.74. The molecular weight excluding hydrogens is 445 g/mol. The number of aromatic nitrogens is 1. The van der Waals surface area contributed by atoms with E-state index in [4.69, 9.17) is 27.9 Å². The minimum Gasteiger partial charge on any atom is -0.482 e. The SMILES string of the molecule is Cc1nc(-c2ccc3c(c2)N(CC(=O)Nc2cccc(Cl)c2Cl)C(=O)CO3)c(C)s1. The van der Waals surface area contributed by atoms with Crippen LogP contribution < -0.4 is 15.0 Å². The molecule has 9 heteroatoms. The summed E-state index contributed by atoms with van der Waals surface area (Å²) in [5.41, 5.74) is 2.63. The fourth-order valence-electron chi connectivity index (χ4n) is 3.25. The van der Waals surface area contributed by atoms with Gasteiger partial charge in [-0.05, 0) is 44.2 Å². The lowest BCUT2D eigenvalue weighted by Crippen LogP contribution is -2.43. The summed E-state index contributed by atoms with van der Waals surface area (Å²) in [4.78, 5) is 32.3. The first-order chi connectivity index (χ1) is 14.3. The number of aryl methyl sites for hydroxylation is 2. The number of nitrogens with one attached hydrogen (secondary N) is 1. The van der Waals surface area contributed by atoms with Gasteiger partial charge in [0.25, 0.3) is 5.91 Å². The summed E-state index contributed by atoms with van der Waals surface area (Å²) in [6, 6.07) is 10.5. The molecular formula is C21H17Cl2N3O3S. The average molecular weight is 462 g/mol. The number of fused-ring (bicyclic) bond motifs is 1. The standard InChI is InChI=1S/C21H17Cl2N3O3S/c1-11-21(24-12(2)30-11)13-6-7-17-16(8-13)26(19(28)10-29-17)9-18(27)25-15-5-3-4-14(22)20(15)23/h3-8H,9-10H2,1-2H3,(H,25,27). The van der Waals surface area contributed by atoms with Gasteiger partial charge in [0.2, 0.25) is 5.91 Å². The van der Waals surface area contributed by atoms with Crippen LogP contribution in [-0.2, 0) is 9.59 Å². The Morgan fingerprint density at radius 1 is 1.27 bits per heavy atom. The van der Waals surface area contributed by atoms with E-state index in [1.165, 1.54) is 4.90 Å². The maximum absolute atomic E-state index is 12.7. The van der Waals surface area contributed by atoms with E-state index >= 15 is 0 Å². The fraction of sp³-hybridized carbons (Fsp3) is 0.190. The number of carbonyl (C=O) groups is 2. The lowest BCUT2D eigenvalue weighted by Gasteiger charge is -2.29. The number of thiazole rings is 1. The molecule has 4 rings (SSSR count). The van der Waals surface area contributed by atoms with E-state index in [0.717, 1.165) is 21.1 Å². The molecule has 0 aliphatic carbocycles. The molecule has 154 valence electrons. The number of anilines is 2. The Morgan fingerprint density at radius 2 is 2.07 bits per heavy atom. The number of hydrogen-bond donors (Lipinski definition) is 1. The topological polar surface area (TPSA) is 71.5 Å². The molecule has 3 aromatic rings. The number of rotatable bonds is 4. The van der Waals surface area contributed by atoms with Gasteiger partial charge >= 0.3 is 0 Å². The zero-order chi connectivity index (χ0) is 21.4. The Morgan fingerprint density at radius 3 is 2.80 bits per heavy atom. The van der Waals surface area contributed by atoms with Gasteiger partial charge in [0.05, 0.1) is 32.1 Å². The van der Waals surface area contributed by atoms with E-state index in [1.54, 1.807) is 35.6 Å². The molecule has 30 heavy (non-hydrogen) atoms. The van der Waals surface area contributed by atoms with Crippen molar-refractivity contribution in [2.24, 2.45) is 0 Å². The van der Waals surface area contributed by atoms with Crippen molar-refractivity contribution in [2.75, 3.05) is 23.4 Å². The lowest BCUT2D eigenvalue weighted by molar-refractivity contribution is -0.123. The molecule has 0 unspecified atom stereocenters. The number of benzene rings is 2. The van der Waals surface area contributed by atoms with Crippen LogP contribution in [0.1, 0.15) is 9.88 Å². The van der Waals surface area contributed by atoms with Crippen molar-refractivity contribution >= 4 is 57.7 Å². The van der Waals surface area contributed by atoms with E-state index in [0.29, 0.717) is 22.1 Å². The molecule has 0 spiro atoms. The van der Waals surface area contributed by atoms with Crippen LogP contribution in [0.2, 0.25) is 10.0 Å². The Hall–Kier alpha value is -2.61. The van der Waals surface area contributed by atoms with Crippen molar-refractivity contribution in [2.45, 2.75) is 13.8 Å². The van der Waals surface area contributed by atoms with Crippen molar-refractivity contribution in [3.05, 3.63) is 56.3 Å². The molecule has 0 radical (unpaired) electrons. The molecule has 0 saturated heterocycles. The highest BCUT2D eigenvalue weighted by Crippen LogP contribution is 2.37. The summed E-state index contributed by atoms with van der Waals surface area (Å²) in [5, 5.41) is 4.25. The quantitative estimate of drug-likeness (QED) is 0.586. The maximum atomic E-state index is 12.7. The molecule has 0 fully saturated rings. The molecule has 0 bridgehead atoms. The van der Waals surface area contributed by atoms with Crippen LogP contribution >= 0.6 is 34.5 Å². The van der Waals surface area contributed by atoms with Crippen LogP contribution in [0, 0.1) is 13.8 Å². The van der Waals surface area contributed by atoms with Gasteiger partial charge in [-0.3, -0.25) is 14.5 Å². The molecule has 6 nitrogen and oxygen atoms in total. The highest BCUT2D eigenvalue weighted by molar-refractivity contribution is 7.11. The van der Waals surface area contributed by atoms with Gasteiger partial charge in [-0.25, -0.2) is 4.98 Å². The Balaban J connectivity index is 1.62. The van der Waals surface area contributed by atoms with E-state index in [-0.39, 0.29) is 24.1 Å². The van der Waals surface area contributed by atoms with E-state index < -0.39 is 5.91 Å². The van der Waals surface area contributed by atoms with Crippen molar-refractivity contribution < 1.29 is 14.3 Å². The molecule has 1 aromatic heterocycles. The summed E-state index contributed by atoms with van der Waals surface area (Å²) < 4.78 is 5.55. The van der Waals surface area contributed by atoms with Crippen molar-refractivity contribution in [3.63, 3.8) is 0 Å². The minimum absolute atomic E-state index is 0.133. The summed E-state index contributed by atoms with van der Waals surface area (Å²) in [7, 11) is 0. The van der Waals surface area contributed by atoms with Crippen LogP contribution in [-0.4, -0.2) is 29.9 Å². The third kappa shape index (κ3) is 4.01. The predicted octanol–water partition coefficient (Wildman–Crippen LogP) is 5.10. The number of hydrogen-bond acceptors (Lipinski definition) is 5. The lowest BCUT2D eigenvalue weighted by atomic mass is 10.1. The number of carbonyl (C=O) groups excluding carboxylic acids is 2. The molecule has 2 amide bonds. The molecule has 1 aliphatic rings. The second-order valence-corrected chi connectivity index (χ2v) is 8.93. The van der Waals surface area contributed by atoms with Gasteiger partial charge in [0, 0.05) is 10.4 Å². The minimum atomic E-state index is -0.397. The predicted molar refractivity (Wildman–Crippen MR) is 120 cm³/mol. The number of ether oxygens (including phenoxy) is 1. The molecule has 0 atom stereocenters. The first-order valence-corrected chi connectivity index (χ1v) is 10.7. The summed E-state index contributed by atoms with van der Waals surface area (Å²) >= 11 is 13.7. The molecule has 1 N–H and O–H groups in total. The van der Waals surface area contributed by atoms with Crippen molar-refractivity contribution in [1.82, 2.24) is 4.98 Å². The molecule has 0 saturated carbocycles. The normalized spacial score (nSPS) is 13.1. The van der Waals surface area contributed by atoms with E-state index in [2.05, 4.69) is 10.3 Å². The van der Waals surface area contributed by atoms with Gasteiger partial charge in [-0.2, -0.15) is 0 Å². The van der Waals surface area contributed by atoms with Crippen LogP contribution in [0.5, 0.6) is 5.75 Å². The summed E-state index contributed by atoms with van der Waals surface area (Å²) in [6.45, 7) is 3.63. The van der Waals surface area contributed by atoms with Crippen LogP contribution in [0.4, 0.5) is 11.4 Å². The Kier molecular flexibility index (Phi) is 5.69. The fourth-order valence-corrected chi connectivity index (χ4v) is 4.44. The highest BCUT2D eigenvalue weighted by atomic mass is 35.5. The average Bonchev–Trinajstić information content (AvgIpc) is 3.05. The number of amides is 2. The first kappa shape index (κ1) is 20.7. The molecule has 2 aromatic carbocycles. The molecule has 1 aliphatic heterocycles. The van der Waals surface area contributed by atoms with Gasteiger partial charge in [0.15, 0.2) is 6.61 Å². The first-order valence-electron chi connectivity index (χ1n) is 9.09. The Bertz CT molecular complexity index is 1160. The largest absolute Gasteiger partial charge is 0.482 e. The summed E-state index contributed by atoms with van der Waals surface area (Å²) in [5.74, 6) is -0.166. The summed E-state index contributed by atoms with van der Waals surface area (Å²) in [6.07, 6.45) is 0. The third-order valence-corrected chi connectivity index (χ3v) is 6.31. The smallest absolute Gasteiger partial charge is 0.265 e.